The van der Waals surface area contributed by atoms with E-state index >= 15 is 0 Å². The molecule has 1 aliphatic rings. The molecule has 2 atom stereocenters. The maximum atomic E-state index is 12.7. The minimum atomic E-state index is -0.432. The number of amides is 2. The van der Waals surface area contributed by atoms with Gasteiger partial charge in [-0.25, -0.2) is 4.39 Å². The highest BCUT2D eigenvalue weighted by atomic mass is 35.5. The SMILES string of the molecule is Cl.O=C(CCNC(=O)c1ccc(F)cc1)NCC1CNCC1O. The van der Waals surface area contributed by atoms with E-state index in [2.05, 4.69) is 16.0 Å². The average Bonchev–Trinajstić information content (AvgIpc) is 2.91. The Balaban J connectivity index is 0.00000264. The van der Waals surface area contributed by atoms with Crippen molar-refractivity contribution in [3.63, 3.8) is 0 Å². The smallest absolute Gasteiger partial charge is 0.251 e. The Morgan fingerprint density at radius 2 is 1.91 bits per heavy atom. The van der Waals surface area contributed by atoms with E-state index < -0.39 is 11.9 Å². The van der Waals surface area contributed by atoms with Crippen LogP contribution >= 0.6 is 12.4 Å². The lowest BCUT2D eigenvalue weighted by Gasteiger charge is -2.14. The quantitative estimate of drug-likeness (QED) is 0.587. The first-order chi connectivity index (χ1) is 10.6. The first-order valence-corrected chi connectivity index (χ1v) is 7.25. The normalized spacial score (nSPS) is 19.7. The lowest BCUT2D eigenvalue weighted by molar-refractivity contribution is -0.121. The standard InChI is InChI=1S/C15H20FN3O3.ClH/c16-12-3-1-10(2-4-12)15(22)18-6-5-14(21)19-8-11-7-17-9-13(11)20;/h1-4,11,13,17,20H,5-9H2,(H,18,22)(H,19,21);1H. The molecule has 0 bridgehead atoms. The Bertz CT molecular complexity index is 527. The maximum Gasteiger partial charge on any atom is 0.251 e. The number of rotatable bonds is 6. The summed E-state index contributed by atoms with van der Waals surface area (Å²) < 4.78 is 12.7. The summed E-state index contributed by atoms with van der Waals surface area (Å²) in [6.07, 6.45) is -0.276. The largest absolute Gasteiger partial charge is 0.391 e. The van der Waals surface area contributed by atoms with Gasteiger partial charge in [0.2, 0.25) is 5.91 Å². The molecule has 1 saturated heterocycles. The van der Waals surface area contributed by atoms with Crippen LogP contribution in [0.25, 0.3) is 0 Å². The topological polar surface area (TPSA) is 90.5 Å². The number of carbonyl (C=O) groups excluding carboxylic acids is 2. The molecule has 6 nitrogen and oxygen atoms in total. The number of nitrogens with one attached hydrogen (secondary N) is 3. The molecule has 23 heavy (non-hydrogen) atoms. The molecule has 4 N–H and O–H groups in total. The molecule has 1 aromatic carbocycles. The predicted molar refractivity (Wildman–Crippen MR) is 86.0 cm³/mol. The van der Waals surface area contributed by atoms with Gasteiger partial charge in [0.25, 0.3) is 5.91 Å². The molecule has 1 fully saturated rings. The summed E-state index contributed by atoms with van der Waals surface area (Å²) in [4.78, 5) is 23.4. The van der Waals surface area contributed by atoms with Gasteiger partial charge in [0.1, 0.15) is 5.82 Å². The molecule has 0 spiro atoms. The second-order valence-electron chi connectivity index (χ2n) is 5.30. The van der Waals surface area contributed by atoms with Crippen LogP contribution in [-0.2, 0) is 4.79 Å². The molecule has 2 amide bonds. The fourth-order valence-corrected chi connectivity index (χ4v) is 2.25. The zero-order chi connectivity index (χ0) is 15.9. The Morgan fingerprint density at radius 1 is 1.22 bits per heavy atom. The van der Waals surface area contributed by atoms with Crippen LogP contribution in [0.1, 0.15) is 16.8 Å². The van der Waals surface area contributed by atoms with Gasteiger partial charge in [0.05, 0.1) is 6.10 Å². The molecule has 128 valence electrons. The summed E-state index contributed by atoms with van der Waals surface area (Å²) in [5, 5.41) is 18.0. The number of hydrogen-bond acceptors (Lipinski definition) is 4. The minimum Gasteiger partial charge on any atom is -0.391 e. The zero-order valence-electron chi connectivity index (χ0n) is 12.5. The van der Waals surface area contributed by atoms with Crippen molar-refractivity contribution in [2.24, 2.45) is 5.92 Å². The summed E-state index contributed by atoms with van der Waals surface area (Å²) in [5.74, 6) is -0.904. The van der Waals surface area contributed by atoms with E-state index in [9.17, 15) is 19.1 Å². The van der Waals surface area contributed by atoms with E-state index in [1.165, 1.54) is 24.3 Å². The van der Waals surface area contributed by atoms with Crippen LogP contribution < -0.4 is 16.0 Å². The highest BCUT2D eigenvalue weighted by Crippen LogP contribution is 2.07. The first kappa shape index (κ1) is 19.3. The molecule has 1 aromatic rings. The van der Waals surface area contributed by atoms with Gasteiger partial charge in [-0.3, -0.25) is 9.59 Å². The monoisotopic (exact) mass is 345 g/mol. The van der Waals surface area contributed by atoms with Gasteiger partial charge in [-0.2, -0.15) is 0 Å². The van der Waals surface area contributed by atoms with Crippen molar-refractivity contribution in [1.29, 1.82) is 0 Å². The third-order valence-corrected chi connectivity index (χ3v) is 3.61. The van der Waals surface area contributed by atoms with E-state index in [1.807, 2.05) is 0 Å². The van der Waals surface area contributed by atoms with E-state index in [0.717, 1.165) is 0 Å². The number of benzene rings is 1. The maximum absolute atomic E-state index is 12.7. The predicted octanol–water partition coefficient (Wildman–Crippen LogP) is 0.0639. The number of β-amino-alcohol motifs (C(OH)–C–C–N with tert-alkyl or cyclic N) is 1. The van der Waals surface area contributed by atoms with E-state index in [0.29, 0.717) is 25.2 Å². The molecule has 1 aliphatic heterocycles. The zero-order valence-corrected chi connectivity index (χ0v) is 13.4. The van der Waals surface area contributed by atoms with Gasteiger partial charge in [-0.1, -0.05) is 0 Å². The Morgan fingerprint density at radius 3 is 2.52 bits per heavy atom. The average molecular weight is 346 g/mol. The van der Waals surface area contributed by atoms with Crippen LogP contribution in [-0.4, -0.2) is 49.2 Å². The molecule has 0 saturated carbocycles. The van der Waals surface area contributed by atoms with E-state index in [1.54, 1.807) is 0 Å². The van der Waals surface area contributed by atoms with Gasteiger partial charge in [0, 0.05) is 44.1 Å². The van der Waals surface area contributed by atoms with Gasteiger partial charge >= 0.3 is 0 Å². The Hall–Kier alpha value is -1.70. The molecular formula is C15H21ClFN3O3. The highest BCUT2D eigenvalue weighted by Gasteiger charge is 2.24. The number of aliphatic hydroxyl groups excluding tert-OH is 1. The summed E-state index contributed by atoms with van der Waals surface area (Å²) >= 11 is 0. The van der Waals surface area contributed by atoms with Crippen LogP contribution in [0.5, 0.6) is 0 Å². The molecule has 1 heterocycles. The van der Waals surface area contributed by atoms with Crippen molar-refractivity contribution < 1.29 is 19.1 Å². The lowest BCUT2D eigenvalue weighted by Crippen LogP contribution is -2.36. The highest BCUT2D eigenvalue weighted by molar-refractivity contribution is 5.94. The third kappa shape index (κ3) is 6.13. The minimum absolute atomic E-state index is 0. The first-order valence-electron chi connectivity index (χ1n) is 7.25. The van der Waals surface area contributed by atoms with Crippen LogP contribution in [0.4, 0.5) is 4.39 Å². The van der Waals surface area contributed by atoms with Crippen LogP contribution in [0, 0.1) is 11.7 Å². The Labute approximate surface area is 140 Å². The summed E-state index contributed by atoms with van der Waals surface area (Å²) in [5.41, 5.74) is 0.349. The molecule has 0 aliphatic carbocycles. The van der Waals surface area contributed by atoms with Crippen molar-refractivity contribution in [3.05, 3.63) is 35.6 Å². The van der Waals surface area contributed by atoms with Crippen molar-refractivity contribution in [3.8, 4) is 0 Å². The molecule has 8 heteroatoms. The van der Waals surface area contributed by atoms with E-state index in [-0.39, 0.29) is 43.1 Å². The van der Waals surface area contributed by atoms with Crippen LogP contribution in [0.15, 0.2) is 24.3 Å². The fourth-order valence-electron chi connectivity index (χ4n) is 2.25. The summed E-state index contributed by atoms with van der Waals surface area (Å²) in [6.45, 7) is 1.85. The number of hydrogen-bond donors (Lipinski definition) is 4. The second-order valence-corrected chi connectivity index (χ2v) is 5.30. The molecular weight excluding hydrogens is 325 g/mol. The number of carbonyl (C=O) groups is 2. The number of aliphatic hydroxyl groups is 1. The van der Waals surface area contributed by atoms with Gasteiger partial charge in [-0.05, 0) is 24.3 Å². The van der Waals surface area contributed by atoms with Gasteiger partial charge in [-0.15, -0.1) is 12.4 Å². The van der Waals surface area contributed by atoms with Crippen molar-refractivity contribution in [2.45, 2.75) is 12.5 Å². The molecule has 0 radical (unpaired) electrons. The Kier molecular flexibility index (Phi) is 7.94. The third-order valence-electron chi connectivity index (χ3n) is 3.61. The fraction of sp³-hybridized carbons (Fsp3) is 0.467. The van der Waals surface area contributed by atoms with Crippen molar-refractivity contribution in [2.75, 3.05) is 26.2 Å². The van der Waals surface area contributed by atoms with Crippen molar-refractivity contribution >= 4 is 24.2 Å². The van der Waals surface area contributed by atoms with Gasteiger partial charge < -0.3 is 21.1 Å². The second kappa shape index (κ2) is 9.44. The summed E-state index contributed by atoms with van der Waals surface area (Å²) in [7, 11) is 0. The molecule has 2 unspecified atom stereocenters. The lowest BCUT2D eigenvalue weighted by atomic mass is 10.1. The van der Waals surface area contributed by atoms with Crippen LogP contribution in [0.3, 0.4) is 0 Å². The van der Waals surface area contributed by atoms with E-state index in [4.69, 9.17) is 0 Å². The van der Waals surface area contributed by atoms with Crippen molar-refractivity contribution in [1.82, 2.24) is 16.0 Å². The molecule has 2 rings (SSSR count). The summed E-state index contributed by atoms with van der Waals surface area (Å²) in [6, 6.07) is 5.20. The van der Waals surface area contributed by atoms with Gasteiger partial charge in [0.15, 0.2) is 0 Å². The van der Waals surface area contributed by atoms with Crippen LogP contribution in [0.2, 0.25) is 0 Å². The molecule has 0 aromatic heterocycles. The number of halogens is 2.